The molecule has 5 nitrogen and oxygen atoms in total. The number of hydrogen-bond acceptors (Lipinski definition) is 6. The molecule has 0 spiro atoms. The highest BCUT2D eigenvalue weighted by atomic mass is 32.2. The fourth-order valence-corrected chi connectivity index (χ4v) is 4.96. The molecule has 7 heteroatoms. The molecule has 4 rings (SSSR count). The molecule has 156 valence electrons. The van der Waals surface area contributed by atoms with Crippen molar-refractivity contribution in [1.29, 1.82) is 0 Å². The second-order valence-corrected chi connectivity index (χ2v) is 8.95. The van der Waals surface area contributed by atoms with Gasteiger partial charge in [0.25, 0.3) is 5.91 Å². The van der Waals surface area contributed by atoms with E-state index < -0.39 is 0 Å². The van der Waals surface area contributed by atoms with Crippen molar-refractivity contribution in [2.45, 2.75) is 25.9 Å². The van der Waals surface area contributed by atoms with Crippen LogP contribution in [0.2, 0.25) is 0 Å². The second kappa shape index (κ2) is 8.70. The highest BCUT2D eigenvalue weighted by Crippen LogP contribution is 2.35. The van der Waals surface area contributed by atoms with Crippen LogP contribution in [0.25, 0.3) is 6.08 Å². The molecule has 1 saturated heterocycles. The predicted octanol–water partition coefficient (Wildman–Crippen LogP) is 4.47. The lowest BCUT2D eigenvalue weighted by Gasteiger charge is -2.15. The molecule has 1 atom stereocenters. The standard InChI is InChI=1S/C23H23NO4S2/c1-14-10-17-11-16(5-6-18(17)28-14)13-21-22(25)24(23(29)30-21)9-8-15-4-7-19(26-2)20(12-15)27-3/h4-7,11-14H,8-10H2,1-3H3/b21-13-/t14-/m0/s1. The predicted molar refractivity (Wildman–Crippen MR) is 123 cm³/mol. The molecule has 30 heavy (non-hydrogen) atoms. The highest BCUT2D eigenvalue weighted by Gasteiger charge is 2.31. The van der Waals surface area contributed by atoms with Gasteiger partial charge in [-0.15, -0.1) is 0 Å². The van der Waals surface area contributed by atoms with Crippen LogP contribution in [0.15, 0.2) is 41.3 Å². The molecule has 0 unspecified atom stereocenters. The minimum Gasteiger partial charge on any atom is -0.493 e. The maximum atomic E-state index is 12.9. The first-order valence-electron chi connectivity index (χ1n) is 9.74. The summed E-state index contributed by atoms with van der Waals surface area (Å²) in [5.41, 5.74) is 3.23. The van der Waals surface area contributed by atoms with Crippen molar-refractivity contribution in [2.24, 2.45) is 0 Å². The molecular formula is C23H23NO4S2. The van der Waals surface area contributed by atoms with Gasteiger partial charge in [-0.05, 0) is 60.4 Å². The Balaban J connectivity index is 1.46. The average Bonchev–Trinajstić information content (AvgIpc) is 3.24. The molecular weight excluding hydrogens is 418 g/mol. The molecule has 0 saturated carbocycles. The molecule has 2 aliphatic rings. The number of nitrogens with zero attached hydrogens (tertiary/aromatic N) is 1. The fourth-order valence-electron chi connectivity index (χ4n) is 3.65. The zero-order chi connectivity index (χ0) is 21.3. The Bertz CT molecular complexity index is 1030. The summed E-state index contributed by atoms with van der Waals surface area (Å²) in [6.07, 6.45) is 3.68. The van der Waals surface area contributed by atoms with Crippen LogP contribution < -0.4 is 14.2 Å². The molecule has 2 aromatic rings. The van der Waals surface area contributed by atoms with Crippen molar-refractivity contribution in [3.05, 3.63) is 58.0 Å². The normalized spacial score (nSPS) is 19.2. The number of ether oxygens (including phenoxy) is 3. The minimum atomic E-state index is -0.0457. The van der Waals surface area contributed by atoms with E-state index >= 15 is 0 Å². The molecule has 1 amide bonds. The van der Waals surface area contributed by atoms with Crippen LogP contribution in [0, 0.1) is 0 Å². The van der Waals surface area contributed by atoms with Gasteiger partial charge >= 0.3 is 0 Å². The molecule has 0 aliphatic carbocycles. The zero-order valence-corrected chi connectivity index (χ0v) is 18.8. The third-order valence-corrected chi connectivity index (χ3v) is 6.54. The third-order valence-electron chi connectivity index (χ3n) is 5.16. The topological polar surface area (TPSA) is 48.0 Å². The Kier molecular flexibility index (Phi) is 6.01. The van der Waals surface area contributed by atoms with Gasteiger partial charge in [0.1, 0.15) is 16.2 Å². The van der Waals surface area contributed by atoms with Crippen LogP contribution in [0.4, 0.5) is 0 Å². The first kappa shape index (κ1) is 20.8. The van der Waals surface area contributed by atoms with Crippen molar-refractivity contribution in [3.8, 4) is 17.2 Å². The van der Waals surface area contributed by atoms with E-state index in [0.717, 1.165) is 23.3 Å². The lowest BCUT2D eigenvalue weighted by molar-refractivity contribution is -0.122. The number of methoxy groups -OCH3 is 2. The van der Waals surface area contributed by atoms with Gasteiger partial charge in [0.15, 0.2) is 11.5 Å². The van der Waals surface area contributed by atoms with Crippen molar-refractivity contribution in [2.75, 3.05) is 20.8 Å². The number of thioether (sulfide) groups is 1. The highest BCUT2D eigenvalue weighted by molar-refractivity contribution is 8.26. The number of benzene rings is 2. The van der Waals surface area contributed by atoms with Crippen molar-refractivity contribution < 1.29 is 19.0 Å². The summed E-state index contributed by atoms with van der Waals surface area (Å²) in [5, 5.41) is 0. The van der Waals surface area contributed by atoms with Crippen molar-refractivity contribution in [3.63, 3.8) is 0 Å². The van der Waals surface area contributed by atoms with Crippen LogP contribution in [-0.2, 0) is 17.6 Å². The summed E-state index contributed by atoms with van der Waals surface area (Å²) >= 11 is 6.82. The molecule has 2 aromatic carbocycles. The fraction of sp³-hybridized carbons (Fsp3) is 0.304. The first-order chi connectivity index (χ1) is 14.5. The van der Waals surface area contributed by atoms with E-state index in [-0.39, 0.29) is 12.0 Å². The Morgan fingerprint density at radius 3 is 2.77 bits per heavy atom. The van der Waals surface area contributed by atoms with Crippen molar-refractivity contribution in [1.82, 2.24) is 4.90 Å². The number of rotatable bonds is 6. The van der Waals surface area contributed by atoms with Crippen LogP contribution in [-0.4, -0.2) is 42.0 Å². The number of fused-ring (bicyclic) bond motifs is 1. The van der Waals surface area contributed by atoms with E-state index in [9.17, 15) is 4.79 Å². The summed E-state index contributed by atoms with van der Waals surface area (Å²) in [6, 6.07) is 11.8. The van der Waals surface area contributed by atoms with E-state index in [1.807, 2.05) is 36.4 Å². The van der Waals surface area contributed by atoms with Gasteiger partial charge in [0.2, 0.25) is 0 Å². The van der Waals surface area contributed by atoms with Gasteiger partial charge in [-0.2, -0.15) is 0 Å². The molecule has 2 aliphatic heterocycles. The summed E-state index contributed by atoms with van der Waals surface area (Å²) < 4.78 is 17.0. The average molecular weight is 442 g/mol. The number of hydrogen-bond donors (Lipinski definition) is 0. The summed E-state index contributed by atoms with van der Waals surface area (Å²) in [5.74, 6) is 2.25. The van der Waals surface area contributed by atoms with Gasteiger partial charge in [-0.3, -0.25) is 9.69 Å². The Labute approximate surface area is 186 Å². The van der Waals surface area contributed by atoms with Crippen LogP contribution in [0.1, 0.15) is 23.6 Å². The third kappa shape index (κ3) is 4.18. The van der Waals surface area contributed by atoms with Gasteiger partial charge in [-0.25, -0.2) is 0 Å². The SMILES string of the molecule is COc1ccc(CCN2C(=O)/C(=C/c3ccc4c(c3)C[C@H](C)O4)SC2=S)cc1OC. The van der Waals surface area contributed by atoms with Crippen LogP contribution >= 0.6 is 24.0 Å². The summed E-state index contributed by atoms with van der Waals surface area (Å²) in [7, 11) is 3.22. The number of amides is 1. The lowest BCUT2D eigenvalue weighted by Crippen LogP contribution is -2.30. The number of carbonyl (C=O) groups is 1. The molecule has 0 bridgehead atoms. The minimum absolute atomic E-state index is 0.0457. The van der Waals surface area contributed by atoms with E-state index in [0.29, 0.717) is 33.7 Å². The van der Waals surface area contributed by atoms with Crippen molar-refractivity contribution >= 4 is 40.3 Å². The second-order valence-electron chi connectivity index (χ2n) is 7.27. The van der Waals surface area contributed by atoms with Gasteiger partial charge in [-0.1, -0.05) is 36.1 Å². The van der Waals surface area contributed by atoms with E-state index in [4.69, 9.17) is 26.4 Å². The molecule has 0 aromatic heterocycles. The van der Waals surface area contributed by atoms with E-state index in [1.54, 1.807) is 19.1 Å². The van der Waals surface area contributed by atoms with Crippen LogP contribution in [0.3, 0.4) is 0 Å². The Morgan fingerprint density at radius 2 is 2.00 bits per heavy atom. The first-order valence-corrected chi connectivity index (χ1v) is 11.0. The quantitative estimate of drug-likeness (QED) is 0.487. The Morgan fingerprint density at radius 1 is 1.20 bits per heavy atom. The van der Waals surface area contributed by atoms with Gasteiger partial charge < -0.3 is 14.2 Å². The van der Waals surface area contributed by atoms with E-state index in [1.165, 1.54) is 17.3 Å². The summed E-state index contributed by atoms with van der Waals surface area (Å²) in [4.78, 5) is 15.3. The van der Waals surface area contributed by atoms with Gasteiger partial charge in [0.05, 0.1) is 19.1 Å². The molecule has 0 radical (unpaired) electrons. The smallest absolute Gasteiger partial charge is 0.266 e. The zero-order valence-electron chi connectivity index (χ0n) is 17.1. The molecule has 2 heterocycles. The molecule has 0 N–H and O–H groups in total. The monoisotopic (exact) mass is 441 g/mol. The number of thiocarbonyl (C=S) groups is 1. The van der Waals surface area contributed by atoms with E-state index in [2.05, 4.69) is 13.0 Å². The maximum absolute atomic E-state index is 12.9. The summed E-state index contributed by atoms with van der Waals surface area (Å²) in [6.45, 7) is 2.58. The molecule has 1 fully saturated rings. The Hall–Kier alpha value is -2.51. The largest absolute Gasteiger partial charge is 0.493 e. The number of carbonyl (C=O) groups excluding carboxylic acids is 1. The maximum Gasteiger partial charge on any atom is 0.266 e. The lowest BCUT2D eigenvalue weighted by atomic mass is 10.1. The van der Waals surface area contributed by atoms with Gasteiger partial charge in [0, 0.05) is 13.0 Å². The van der Waals surface area contributed by atoms with Crippen LogP contribution in [0.5, 0.6) is 17.2 Å².